The highest BCUT2D eigenvalue weighted by Gasteiger charge is 2.27. The number of anilines is 1. The largest absolute Gasteiger partial charge is 0.392 e. The Morgan fingerprint density at radius 3 is 2.91 bits per heavy atom. The Balaban J connectivity index is 1.83. The minimum Gasteiger partial charge on any atom is -0.392 e. The van der Waals surface area contributed by atoms with Gasteiger partial charge in [0.2, 0.25) is 5.91 Å². The van der Waals surface area contributed by atoms with E-state index in [0.717, 1.165) is 26.1 Å². The maximum atomic E-state index is 12.1. The first kappa shape index (κ1) is 18.1. The van der Waals surface area contributed by atoms with Crippen LogP contribution in [0.25, 0.3) is 0 Å². The predicted octanol–water partition coefficient (Wildman–Crippen LogP) is 1.45. The maximum absolute atomic E-state index is 12.1. The lowest BCUT2D eigenvalue weighted by Gasteiger charge is -2.41. The van der Waals surface area contributed by atoms with E-state index < -0.39 is 0 Å². The lowest BCUT2D eigenvalue weighted by atomic mass is 10.1. The van der Waals surface area contributed by atoms with Gasteiger partial charge in [-0.2, -0.15) is 0 Å². The third kappa shape index (κ3) is 5.73. The number of hydrogen-bond donors (Lipinski definition) is 2. The van der Waals surface area contributed by atoms with E-state index >= 15 is 0 Å². The van der Waals surface area contributed by atoms with Crippen molar-refractivity contribution in [3.8, 4) is 0 Å². The van der Waals surface area contributed by atoms with Gasteiger partial charge in [-0.3, -0.25) is 14.6 Å². The Bertz CT molecular complexity index is 509. The van der Waals surface area contributed by atoms with Gasteiger partial charge in [-0.1, -0.05) is 18.5 Å². The molecule has 0 bridgehead atoms. The summed E-state index contributed by atoms with van der Waals surface area (Å²) >= 11 is 5.78. The fraction of sp³-hybridized carbons (Fsp3) is 0.625. The summed E-state index contributed by atoms with van der Waals surface area (Å²) in [6.45, 7) is 7.52. The van der Waals surface area contributed by atoms with Gasteiger partial charge >= 0.3 is 0 Å². The molecule has 7 heteroatoms. The standard InChI is InChI=1S/C16H25ClN4O2/c1-3-14-10-20(6-7-21(14)9-12(2)22)11-16(23)19-15-5-4-13(17)8-18-15/h4-5,8,12,14,22H,3,6-7,9-11H2,1-2H3,(H,18,19,23)/t12-,14-/m1/s1. The maximum Gasteiger partial charge on any atom is 0.239 e. The molecular weight excluding hydrogens is 316 g/mol. The van der Waals surface area contributed by atoms with Gasteiger partial charge in [0.05, 0.1) is 17.7 Å². The van der Waals surface area contributed by atoms with Crippen LogP contribution in [0.15, 0.2) is 18.3 Å². The SMILES string of the molecule is CC[C@@H]1CN(CC(=O)Nc2ccc(Cl)cn2)CCN1C[C@@H](C)O. The van der Waals surface area contributed by atoms with Crippen LogP contribution in [0.1, 0.15) is 20.3 Å². The van der Waals surface area contributed by atoms with E-state index in [1.54, 1.807) is 12.1 Å². The van der Waals surface area contributed by atoms with Gasteiger partial charge in [0, 0.05) is 38.4 Å². The molecule has 0 spiro atoms. The molecule has 1 aromatic heterocycles. The topological polar surface area (TPSA) is 68.7 Å². The number of carbonyl (C=O) groups is 1. The van der Waals surface area contributed by atoms with Crippen molar-refractivity contribution in [1.82, 2.24) is 14.8 Å². The third-order valence-corrected chi connectivity index (χ3v) is 4.24. The van der Waals surface area contributed by atoms with Crippen molar-refractivity contribution in [2.75, 3.05) is 38.0 Å². The number of piperazine rings is 1. The molecule has 6 nitrogen and oxygen atoms in total. The monoisotopic (exact) mass is 340 g/mol. The van der Waals surface area contributed by atoms with Crippen molar-refractivity contribution in [2.45, 2.75) is 32.4 Å². The summed E-state index contributed by atoms with van der Waals surface area (Å²) in [6.07, 6.45) is 2.19. The number of aliphatic hydroxyl groups excluding tert-OH is 1. The normalized spacial score (nSPS) is 21.1. The number of rotatable bonds is 6. The second-order valence-electron chi connectivity index (χ2n) is 6.05. The Hall–Kier alpha value is -1.21. The summed E-state index contributed by atoms with van der Waals surface area (Å²) in [6, 6.07) is 3.77. The molecule has 1 fully saturated rings. The molecule has 2 atom stereocenters. The number of halogens is 1. The number of carbonyl (C=O) groups excluding carboxylic acids is 1. The summed E-state index contributed by atoms with van der Waals surface area (Å²) in [4.78, 5) is 20.7. The van der Waals surface area contributed by atoms with Gasteiger partial charge in [0.25, 0.3) is 0 Å². The summed E-state index contributed by atoms with van der Waals surface area (Å²) in [5.74, 6) is 0.442. The number of amides is 1. The molecule has 2 N–H and O–H groups in total. The highest BCUT2D eigenvalue weighted by atomic mass is 35.5. The molecule has 1 saturated heterocycles. The van der Waals surface area contributed by atoms with Crippen LogP contribution in [-0.4, -0.2) is 70.7 Å². The van der Waals surface area contributed by atoms with Gasteiger partial charge < -0.3 is 10.4 Å². The average molecular weight is 341 g/mol. The molecule has 0 saturated carbocycles. The molecule has 2 rings (SSSR count). The van der Waals surface area contributed by atoms with Crippen molar-refractivity contribution in [2.24, 2.45) is 0 Å². The van der Waals surface area contributed by atoms with Crippen LogP contribution in [0.5, 0.6) is 0 Å². The van der Waals surface area contributed by atoms with E-state index in [-0.39, 0.29) is 12.0 Å². The first-order valence-corrected chi connectivity index (χ1v) is 8.41. The molecule has 1 aromatic rings. The first-order chi connectivity index (χ1) is 11.0. The van der Waals surface area contributed by atoms with E-state index in [2.05, 4.69) is 27.0 Å². The minimum absolute atomic E-state index is 0.0707. The minimum atomic E-state index is -0.324. The third-order valence-electron chi connectivity index (χ3n) is 4.02. The molecule has 0 radical (unpaired) electrons. The van der Waals surface area contributed by atoms with Crippen molar-refractivity contribution in [3.63, 3.8) is 0 Å². The number of pyridine rings is 1. The molecule has 0 aliphatic carbocycles. The molecule has 128 valence electrons. The molecule has 2 heterocycles. The van der Waals surface area contributed by atoms with Crippen LogP contribution in [0, 0.1) is 0 Å². The van der Waals surface area contributed by atoms with Crippen LogP contribution in [-0.2, 0) is 4.79 Å². The molecule has 23 heavy (non-hydrogen) atoms. The fourth-order valence-electron chi connectivity index (χ4n) is 2.90. The summed E-state index contributed by atoms with van der Waals surface area (Å²) in [7, 11) is 0. The zero-order valence-corrected chi connectivity index (χ0v) is 14.5. The van der Waals surface area contributed by atoms with Crippen molar-refractivity contribution < 1.29 is 9.90 Å². The van der Waals surface area contributed by atoms with Gasteiger partial charge in [-0.15, -0.1) is 0 Å². The van der Waals surface area contributed by atoms with Gasteiger partial charge in [0.15, 0.2) is 0 Å². The highest BCUT2D eigenvalue weighted by Crippen LogP contribution is 2.14. The second-order valence-corrected chi connectivity index (χ2v) is 6.49. The number of nitrogens with zero attached hydrogens (tertiary/aromatic N) is 3. The number of β-amino-alcohol motifs (C(OH)–C–C–N with tert-alkyl or cyclic N) is 1. The van der Waals surface area contributed by atoms with E-state index in [4.69, 9.17) is 11.6 Å². The lowest BCUT2D eigenvalue weighted by Crippen LogP contribution is -2.55. The fourth-order valence-corrected chi connectivity index (χ4v) is 3.01. The molecular formula is C16H25ClN4O2. The molecule has 1 amide bonds. The number of hydrogen-bond acceptors (Lipinski definition) is 5. The number of aliphatic hydroxyl groups is 1. The smallest absolute Gasteiger partial charge is 0.239 e. The van der Waals surface area contributed by atoms with Crippen LogP contribution >= 0.6 is 11.6 Å². The quantitative estimate of drug-likeness (QED) is 0.820. The molecule has 0 unspecified atom stereocenters. The van der Waals surface area contributed by atoms with Crippen molar-refractivity contribution >= 4 is 23.3 Å². The molecule has 1 aliphatic rings. The zero-order chi connectivity index (χ0) is 16.8. The summed E-state index contributed by atoms with van der Waals surface area (Å²) in [5.41, 5.74) is 0. The van der Waals surface area contributed by atoms with E-state index in [0.29, 0.717) is 30.0 Å². The van der Waals surface area contributed by atoms with Gasteiger partial charge in [0.1, 0.15) is 5.82 Å². The number of nitrogens with one attached hydrogen (secondary N) is 1. The van der Waals surface area contributed by atoms with Gasteiger partial charge in [-0.05, 0) is 25.5 Å². The summed E-state index contributed by atoms with van der Waals surface area (Å²) in [5, 5.41) is 12.9. The highest BCUT2D eigenvalue weighted by molar-refractivity contribution is 6.30. The Morgan fingerprint density at radius 2 is 2.30 bits per heavy atom. The molecule has 1 aliphatic heterocycles. The lowest BCUT2D eigenvalue weighted by molar-refractivity contribution is -0.118. The van der Waals surface area contributed by atoms with Crippen LogP contribution in [0.2, 0.25) is 5.02 Å². The van der Waals surface area contributed by atoms with Crippen molar-refractivity contribution in [1.29, 1.82) is 0 Å². The van der Waals surface area contributed by atoms with E-state index in [1.165, 1.54) is 6.20 Å². The van der Waals surface area contributed by atoms with Crippen LogP contribution in [0.3, 0.4) is 0 Å². The Labute approximate surface area is 142 Å². The average Bonchev–Trinajstić information content (AvgIpc) is 2.50. The van der Waals surface area contributed by atoms with Gasteiger partial charge in [-0.25, -0.2) is 4.98 Å². The second kappa shape index (κ2) is 8.59. The molecule has 0 aromatic carbocycles. The van der Waals surface area contributed by atoms with E-state index in [9.17, 15) is 9.90 Å². The van der Waals surface area contributed by atoms with Crippen molar-refractivity contribution in [3.05, 3.63) is 23.4 Å². The summed E-state index contributed by atoms with van der Waals surface area (Å²) < 4.78 is 0. The number of aromatic nitrogens is 1. The first-order valence-electron chi connectivity index (χ1n) is 8.03. The van der Waals surface area contributed by atoms with Crippen LogP contribution in [0.4, 0.5) is 5.82 Å². The van der Waals surface area contributed by atoms with E-state index in [1.807, 2.05) is 6.92 Å². The Morgan fingerprint density at radius 1 is 1.52 bits per heavy atom. The predicted molar refractivity (Wildman–Crippen MR) is 91.6 cm³/mol. The Kier molecular flexibility index (Phi) is 6.77. The zero-order valence-electron chi connectivity index (χ0n) is 13.7. The van der Waals surface area contributed by atoms with Crippen LogP contribution < -0.4 is 5.32 Å².